The van der Waals surface area contributed by atoms with Gasteiger partial charge in [-0.1, -0.05) is 70.3 Å². The lowest BCUT2D eigenvalue weighted by atomic mass is 9.91. The van der Waals surface area contributed by atoms with Crippen LogP contribution < -0.4 is 5.32 Å². The monoisotopic (exact) mass is 428 g/mol. The minimum Gasteiger partial charge on any atom is -0.394 e. The fraction of sp³-hybridized carbons (Fsp3) is 0.440. The van der Waals surface area contributed by atoms with Crippen molar-refractivity contribution in [2.75, 3.05) is 13.2 Å². The van der Waals surface area contributed by atoms with E-state index in [9.17, 15) is 19.1 Å². The molecule has 0 saturated carbocycles. The third kappa shape index (κ3) is 6.62. The number of rotatable bonds is 8. The third-order valence-electron chi connectivity index (χ3n) is 5.26. The van der Waals surface area contributed by atoms with Crippen LogP contribution in [0.1, 0.15) is 57.2 Å². The fourth-order valence-electron chi connectivity index (χ4n) is 3.75. The lowest BCUT2D eigenvalue weighted by Crippen LogP contribution is -2.48. The number of benzene rings is 1. The predicted molar refractivity (Wildman–Crippen MR) is 122 cm³/mol. The number of hydrogen-bond acceptors (Lipinski definition) is 3. The van der Waals surface area contributed by atoms with Crippen molar-refractivity contribution >= 4 is 17.4 Å². The van der Waals surface area contributed by atoms with Crippen molar-refractivity contribution in [3.05, 3.63) is 66.5 Å². The molecule has 1 saturated heterocycles. The Labute approximate surface area is 184 Å². The van der Waals surface area contributed by atoms with Crippen molar-refractivity contribution in [2.24, 2.45) is 5.41 Å². The minimum atomic E-state index is -0.623. The number of carbonyl (C=O) groups is 2. The zero-order chi connectivity index (χ0) is 23.2. The maximum Gasteiger partial charge on any atom is 0.243 e. The van der Waals surface area contributed by atoms with Gasteiger partial charge in [-0.05, 0) is 29.4 Å². The second-order valence-corrected chi connectivity index (χ2v) is 9.07. The van der Waals surface area contributed by atoms with E-state index in [0.29, 0.717) is 36.1 Å². The van der Waals surface area contributed by atoms with Gasteiger partial charge in [-0.3, -0.25) is 9.59 Å². The molecule has 6 heteroatoms. The van der Waals surface area contributed by atoms with E-state index >= 15 is 0 Å². The molecule has 0 bridgehead atoms. The van der Waals surface area contributed by atoms with Gasteiger partial charge in [0.15, 0.2) is 0 Å². The number of halogens is 1. The van der Waals surface area contributed by atoms with Crippen molar-refractivity contribution < 1.29 is 19.1 Å². The van der Waals surface area contributed by atoms with Crippen molar-refractivity contribution in [3.8, 4) is 0 Å². The molecule has 2 rings (SSSR count). The molecule has 2 N–H and O–H groups in total. The first-order chi connectivity index (χ1) is 14.6. The average molecular weight is 429 g/mol. The number of carbonyl (C=O) groups excluding carboxylic acids is 2. The van der Waals surface area contributed by atoms with Crippen LogP contribution >= 0.6 is 0 Å². The Bertz CT molecular complexity index is 853. The van der Waals surface area contributed by atoms with Crippen molar-refractivity contribution in [1.82, 2.24) is 10.2 Å². The first-order valence-corrected chi connectivity index (χ1v) is 10.6. The van der Waals surface area contributed by atoms with Gasteiger partial charge in [-0.25, -0.2) is 4.39 Å². The number of nitrogens with zero attached hydrogens (tertiary/aromatic N) is 1. The highest BCUT2D eigenvalue weighted by molar-refractivity contribution is 5.88. The second-order valence-electron chi connectivity index (χ2n) is 9.07. The smallest absolute Gasteiger partial charge is 0.243 e. The minimum absolute atomic E-state index is 0.0250. The molecule has 0 aliphatic carbocycles. The Morgan fingerprint density at radius 2 is 1.97 bits per heavy atom. The summed E-state index contributed by atoms with van der Waals surface area (Å²) < 4.78 is 13.7. The Balaban J connectivity index is 2.12. The second kappa shape index (κ2) is 10.5. The average Bonchev–Trinajstić information content (AvgIpc) is 3.19. The summed E-state index contributed by atoms with van der Waals surface area (Å²) in [6, 6.07) is 5.72. The van der Waals surface area contributed by atoms with Gasteiger partial charge in [-0.2, -0.15) is 0 Å². The number of nitrogens with one attached hydrogen (secondary N) is 1. The SMILES string of the molecule is C=C/C=C(\C(=C)F)c1ccc(C(CO)NC(=O)C2CCCN2C(=O)CC(C)(C)C)cc1. The number of aliphatic hydroxyl groups is 1. The largest absolute Gasteiger partial charge is 0.394 e. The van der Waals surface area contributed by atoms with Crippen LogP contribution in [-0.4, -0.2) is 41.0 Å². The molecular weight excluding hydrogens is 395 g/mol. The van der Waals surface area contributed by atoms with Gasteiger partial charge in [0.05, 0.1) is 12.6 Å². The first kappa shape index (κ1) is 24.5. The molecule has 5 nitrogen and oxygen atoms in total. The number of likely N-dealkylation sites (tertiary alicyclic amines) is 1. The summed E-state index contributed by atoms with van der Waals surface area (Å²) in [5.41, 5.74) is 1.48. The highest BCUT2D eigenvalue weighted by Gasteiger charge is 2.36. The van der Waals surface area contributed by atoms with Crippen LogP contribution in [0.25, 0.3) is 5.57 Å². The summed E-state index contributed by atoms with van der Waals surface area (Å²) in [7, 11) is 0. The molecular formula is C25H33FN2O3. The lowest BCUT2D eigenvalue weighted by molar-refractivity contribution is -0.140. The molecule has 1 aliphatic heterocycles. The van der Waals surface area contributed by atoms with Crippen LogP contribution in [0.4, 0.5) is 4.39 Å². The first-order valence-electron chi connectivity index (χ1n) is 10.6. The normalized spacial score (nSPS) is 17.9. The summed E-state index contributed by atoms with van der Waals surface area (Å²) >= 11 is 0. The van der Waals surface area contributed by atoms with Crippen LogP contribution in [0.15, 0.2) is 55.4 Å². The van der Waals surface area contributed by atoms with Gasteiger partial charge in [0, 0.05) is 18.5 Å². The molecule has 1 aromatic carbocycles. The van der Waals surface area contributed by atoms with Crippen molar-refractivity contribution in [1.29, 1.82) is 0 Å². The molecule has 2 amide bonds. The summed E-state index contributed by atoms with van der Waals surface area (Å²) in [5.74, 6) is -0.865. The molecule has 31 heavy (non-hydrogen) atoms. The molecule has 2 unspecified atom stereocenters. The fourth-order valence-corrected chi connectivity index (χ4v) is 3.75. The van der Waals surface area contributed by atoms with Crippen LogP contribution in [0.5, 0.6) is 0 Å². The van der Waals surface area contributed by atoms with Crippen LogP contribution in [0, 0.1) is 5.41 Å². The molecule has 2 atom stereocenters. The zero-order valence-electron chi connectivity index (χ0n) is 18.7. The van der Waals surface area contributed by atoms with Crippen molar-refractivity contribution in [3.63, 3.8) is 0 Å². The van der Waals surface area contributed by atoms with E-state index < -0.39 is 17.9 Å². The molecule has 0 spiro atoms. The Hall–Kier alpha value is -2.73. The predicted octanol–water partition coefficient (Wildman–Crippen LogP) is 4.32. The van der Waals surface area contributed by atoms with E-state index in [1.807, 2.05) is 20.8 Å². The van der Waals surface area contributed by atoms with E-state index in [-0.39, 0.29) is 23.8 Å². The maximum atomic E-state index is 13.7. The Kier molecular flexibility index (Phi) is 8.34. The van der Waals surface area contributed by atoms with Crippen LogP contribution in [0.2, 0.25) is 0 Å². The summed E-state index contributed by atoms with van der Waals surface area (Å²) in [6.07, 6.45) is 4.78. The quantitative estimate of drug-likeness (QED) is 0.606. The number of allylic oxidation sites excluding steroid dienone is 4. The van der Waals surface area contributed by atoms with E-state index in [4.69, 9.17) is 0 Å². The van der Waals surface area contributed by atoms with Crippen LogP contribution in [-0.2, 0) is 9.59 Å². The molecule has 0 radical (unpaired) electrons. The third-order valence-corrected chi connectivity index (χ3v) is 5.26. The van der Waals surface area contributed by atoms with Gasteiger partial charge in [0.25, 0.3) is 0 Å². The number of amides is 2. The highest BCUT2D eigenvalue weighted by atomic mass is 19.1. The van der Waals surface area contributed by atoms with Crippen molar-refractivity contribution in [2.45, 2.75) is 52.1 Å². The van der Waals surface area contributed by atoms with Gasteiger partial charge in [-0.15, -0.1) is 0 Å². The molecule has 168 valence electrons. The lowest BCUT2D eigenvalue weighted by Gasteiger charge is -2.29. The topological polar surface area (TPSA) is 69.6 Å². The molecule has 1 aliphatic rings. The van der Waals surface area contributed by atoms with Gasteiger partial charge in [0.2, 0.25) is 11.8 Å². The van der Waals surface area contributed by atoms with E-state index in [1.54, 1.807) is 29.2 Å². The van der Waals surface area contributed by atoms with E-state index in [2.05, 4.69) is 18.5 Å². The molecule has 1 fully saturated rings. The maximum absolute atomic E-state index is 13.7. The van der Waals surface area contributed by atoms with E-state index in [1.165, 1.54) is 12.2 Å². The molecule has 1 heterocycles. The molecule has 1 aromatic rings. The van der Waals surface area contributed by atoms with Crippen LogP contribution in [0.3, 0.4) is 0 Å². The summed E-state index contributed by atoms with van der Waals surface area (Å²) in [5, 5.41) is 12.7. The zero-order valence-corrected chi connectivity index (χ0v) is 18.7. The summed E-state index contributed by atoms with van der Waals surface area (Å²) in [6.45, 7) is 13.2. The van der Waals surface area contributed by atoms with Gasteiger partial charge < -0.3 is 15.3 Å². The van der Waals surface area contributed by atoms with Gasteiger partial charge in [0.1, 0.15) is 11.9 Å². The Morgan fingerprint density at radius 1 is 1.32 bits per heavy atom. The van der Waals surface area contributed by atoms with E-state index in [0.717, 1.165) is 6.42 Å². The molecule has 0 aromatic heterocycles. The highest BCUT2D eigenvalue weighted by Crippen LogP contribution is 2.27. The number of hydrogen-bond donors (Lipinski definition) is 2. The number of aliphatic hydroxyl groups excluding tert-OH is 1. The Morgan fingerprint density at radius 3 is 2.48 bits per heavy atom. The van der Waals surface area contributed by atoms with Gasteiger partial charge >= 0.3 is 0 Å². The standard InChI is InChI=1S/C25H33FN2O3/c1-6-8-20(17(2)26)18-10-12-19(13-11-18)21(16-29)27-24(31)22-9-7-14-28(22)23(30)15-25(3,4)5/h6,8,10-13,21-22,29H,1-2,7,9,14-16H2,3-5H3,(H,27,31)/b20-8+. The summed E-state index contributed by atoms with van der Waals surface area (Å²) in [4.78, 5) is 27.2.